The molecule has 1 N–H and O–H groups in total. The van der Waals surface area contributed by atoms with Gasteiger partial charge in [-0.1, -0.05) is 51.1 Å². The summed E-state index contributed by atoms with van der Waals surface area (Å²) < 4.78 is 34.8. The monoisotopic (exact) mass is 524 g/mol. The predicted octanol–water partition coefficient (Wildman–Crippen LogP) is 5.12. The number of aromatic nitrogens is 2. The van der Waals surface area contributed by atoms with Crippen LogP contribution in [0, 0.1) is 19.3 Å². The Hall–Kier alpha value is -3.30. The number of hydrogen-bond acceptors (Lipinski definition) is 7. The SMILES string of the molecule is Cc1cccc(C)c1-c1cc(OC[C@@H](CC(C)(C)C)N(C)C)nc(NS(=O)(=O)c2cccc(C=O)c2)n1. The van der Waals surface area contributed by atoms with Crippen molar-refractivity contribution in [1.82, 2.24) is 14.9 Å². The van der Waals surface area contributed by atoms with Crippen molar-refractivity contribution < 1.29 is 17.9 Å². The Morgan fingerprint density at radius 3 is 2.27 bits per heavy atom. The van der Waals surface area contributed by atoms with Crippen molar-refractivity contribution >= 4 is 22.3 Å². The Balaban J connectivity index is 2.02. The molecule has 3 aromatic rings. The third-order valence-electron chi connectivity index (χ3n) is 5.97. The molecule has 3 rings (SSSR count). The number of aldehydes is 1. The van der Waals surface area contributed by atoms with Gasteiger partial charge in [0.25, 0.3) is 10.0 Å². The van der Waals surface area contributed by atoms with E-state index >= 15 is 0 Å². The van der Waals surface area contributed by atoms with Gasteiger partial charge in [0.2, 0.25) is 11.8 Å². The van der Waals surface area contributed by atoms with Crippen molar-refractivity contribution in [2.75, 3.05) is 25.4 Å². The van der Waals surface area contributed by atoms with Gasteiger partial charge in [0.05, 0.1) is 10.6 Å². The van der Waals surface area contributed by atoms with Crippen LogP contribution in [-0.4, -0.2) is 56.3 Å². The first-order valence-corrected chi connectivity index (χ1v) is 13.6. The number of anilines is 1. The zero-order valence-corrected chi connectivity index (χ0v) is 23.4. The molecule has 0 bridgehead atoms. The van der Waals surface area contributed by atoms with E-state index in [9.17, 15) is 13.2 Å². The van der Waals surface area contributed by atoms with Gasteiger partial charge in [-0.2, -0.15) is 4.98 Å². The first-order chi connectivity index (χ1) is 17.3. The van der Waals surface area contributed by atoms with Crippen molar-refractivity contribution in [3.63, 3.8) is 0 Å². The van der Waals surface area contributed by atoms with Crippen LogP contribution in [0.25, 0.3) is 11.3 Å². The van der Waals surface area contributed by atoms with E-state index in [0.717, 1.165) is 23.1 Å². The fourth-order valence-corrected chi connectivity index (χ4v) is 5.10. The van der Waals surface area contributed by atoms with E-state index in [1.165, 1.54) is 24.3 Å². The summed E-state index contributed by atoms with van der Waals surface area (Å²) in [7, 11) is -0.0307. The molecule has 0 saturated heterocycles. The van der Waals surface area contributed by atoms with E-state index in [0.29, 0.717) is 18.6 Å². The number of ether oxygens (including phenoxy) is 1. The highest BCUT2D eigenvalue weighted by atomic mass is 32.2. The molecule has 0 radical (unpaired) electrons. The molecule has 9 heteroatoms. The number of carbonyl (C=O) groups is 1. The number of sulfonamides is 1. The maximum atomic E-state index is 13.1. The molecule has 0 fully saturated rings. The third kappa shape index (κ3) is 7.60. The van der Waals surface area contributed by atoms with Gasteiger partial charge in [-0.05, 0) is 63.0 Å². The minimum atomic E-state index is -4.05. The molecular weight excluding hydrogens is 488 g/mol. The average Bonchev–Trinajstić information content (AvgIpc) is 2.80. The molecule has 0 unspecified atom stereocenters. The zero-order valence-electron chi connectivity index (χ0n) is 22.6. The number of nitrogens with zero attached hydrogens (tertiary/aromatic N) is 3. The molecule has 0 saturated carbocycles. The van der Waals surface area contributed by atoms with Crippen LogP contribution in [-0.2, 0) is 10.0 Å². The number of nitrogens with one attached hydrogen (secondary N) is 1. The summed E-state index contributed by atoms with van der Waals surface area (Å²) >= 11 is 0. The molecule has 1 aromatic heterocycles. The van der Waals surface area contributed by atoms with Crippen molar-refractivity contribution in [3.05, 3.63) is 65.2 Å². The first-order valence-electron chi connectivity index (χ1n) is 12.1. The van der Waals surface area contributed by atoms with Crippen LogP contribution in [0.1, 0.15) is 48.7 Å². The summed E-state index contributed by atoms with van der Waals surface area (Å²) in [4.78, 5) is 22.1. The average molecular weight is 525 g/mol. The Kier molecular flexibility index (Phi) is 8.71. The second-order valence-corrected chi connectivity index (χ2v) is 12.4. The van der Waals surface area contributed by atoms with Crippen LogP contribution in [0.15, 0.2) is 53.4 Å². The number of benzene rings is 2. The lowest BCUT2D eigenvalue weighted by Gasteiger charge is -2.30. The summed E-state index contributed by atoms with van der Waals surface area (Å²) in [5.74, 6) is 0.164. The van der Waals surface area contributed by atoms with E-state index in [2.05, 4.69) is 40.4 Å². The Morgan fingerprint density at radius 1 is 1.03 bits per heavy atom. The van der Waals surface area contributed by atoms with Gasteiger partial charge < -0.3 is 9.64 Å². The van der Waals surface area contributed by atoms with Crippen LogP contribution in [0.5, 0.6) is 5.88 Å². The zero-order chi connectivity index (χ0) is 27.4. The minimum absolute atomic E-state index is 0.0570. The maximum absolute atomic E-state index is 13.1. The second-order valence-electron chi connectivity index (χ2n) is 10.7. The summed E-state index contributed by atoms with van der Waals surface area (Å²) in [6, 6.07) is 13.5. The minimum Gasteiger partial charge on any atom is -0.476 e. The molecule has 198 valence electrons. The highest BCUT2D eigenvalue weighted by molar-refractivity contribution is 7.92. The third-order valence-corrected chi connectivity index (χ3v) is 7.30. The number of likely N-dealkylation sites (N-methyl/N-ethyl adjacent to an activating group) is 1. The van der Waals surface area contributed by atoms with Gasteiger partial charge >= 0.3 is 0 Å². The molecule has 0 spiro atoms. The van der Waals surface area contributed by atoms with E-state index in [1.807, 2.05) is 46.1 Å². The summed E-state index contributed by atoms with van der Waals surface area (Å²) in [6.45, 7) is 10.9. The first kappa shape index (κ1) is 28.3. The normalized spacial score (nSPS) is 12.9. The van der Waals surface area contributed by atoms with E-state index in [4.69, 9.17) is 4.74 Å². The summed E-state index contributed by atoms with van der Waals surface area (Å²) in [6.07, 6.45) is 1.50. The Labute approximate surface area is 220 Å². The highest BCUT2D eigenvalue weighted by Gasteiger charge is 2.23. The smallest absolute Gasteiger partial charge is 0.264 e. The van der Waals surface area contributed by atoms with E-state index in [-0.39, 0.29) is 33.7 Å². The van der Waals surface area contributed by atoms with E-state index < -0.39 is 10.0 Å². The van der Waals surface area contributed by atoms with Crippen LogP contribution in [0.2, 0.25) is 0 Å². The standard InChI is InChI=1S/C28H36N4O4S/c1-19-10-8-11-20(2)26(19)24-15-25(36-18-22(32(6)7)16-28(3,4)5)30-27(29-24)31-37(34,35)23-13-9-12-21(14-23)17-33/h8-15,17,22H,16,18H2,1-7H3,(H,29,30,31)/t22-/m1/s1. The number of rotatable bonds is 10. The molecule has 2 aromatic carbocycles. The van der Waals surface area contributed by atoms with Crippen molar-refractivity contribution in [2.24, 2.45) is 5.41 Å². The number of carbonyl (C=O) groups excluding carboxylic acids is 1. The lowest BCUT2D eigenvalue weighted by Crippen LogP contribution is -2.37. The summed E-state index contributed by atoms with van der Waals surface area (Å²) in [5, 5.41) is 0. The Bertz CT molecular complexity index is 1340. The molecule has 0 aliphatic carbocycles. The van der Waals surface area contributed by atoms with Crippen LogP contribution < -0.4 is 9.46 Å². The van der Waals surface area contributed by atoms with Gasteiger partial charge in [-0.15, -0.1) is 0 Å². The maximum Gasteiger partial charge on any atom is 0.264 e. The molecule has 8 nitrogen and oxygen atoms in total. The van der Waals surface area contributed by atoms with Gasteiger partial charge in [0.1, 0.15) is 12.9 Å². The molecule has 37 heavy (non-hydrogen) atoms. The fourth-order valence-electron chi connectivity index (χ4n) is 4.10. The Morgan fingerprint density at radius 2 is 1.68 bits per heavy atom. The largest absolute Gasteiger partial charge is 0.476 e. The van der Waals surface area contributed by atoms with Crippen molar-refractivity contribution in [3.8, 4) is 17.1 Å². The predicted molar refractivity (Wildman–Crippen MR) is 147 cm³/mol. The quantitative estimate of drug-likeness (QED) is 0.367. The summed E-state index contributed by atoms with van der Waals surface area (Å²) in [5.41, 5.74) is 3.79. The van der Waals surface area contributed by atoms with Crippen LogP contribution in [0.4, 0.5) is 5.95 Å². The van der Waals surface area contributed by atoms with Crippen molar-refractivity contribution in [2.45, 2.75) is 52.0 Å². The molecule has 1 heterocycles. The molecule has 0 amide bonds. The lowest BCUT2D eigenvalue weighted by atomic mass is 9.88. The molecule has 0 aliphatic rings. The van der Waals surface area contributed by atoms with Gasteiger partial charge in [-0.25, -0.2) is 18.1 Å². The lowest BCUT2D eigenvalue weighted by molar-refractivity contribution is 0.112. The second kappa shape index (κ2) is 11.4. The topological polar surface area (TPSA) is 101 Å². The molecular formula is C28H36N4O4S. The van der Waals surface area contributed by atoms with Crippen LogP contribution in [0.3, 0.4) is 0 Å². The van der Waals surface area contributed by atoms with E-state index in [1.54, 1.807) is 6.07 Å². The fraction of sp³-hybridized carbons (Fsp3) is 0.393. The van der Waals surface area contributed by atoms with Gasteiger partial charge in [-0.3, -0.25) is 4.79 Å². The highest BCUT2D eigenvalue weighted by Crippen LogP contribution is 2.30. The molecule has 0 aliphatic heterocycles. The van der Waals surface area contributed by atoms with Gasteiger partial charge in [0, 0.05) is 23.2 Å². The number of hydrogen-bond donors (Lipinski definition) is 1. The van der Waals surface area contributed by atoms with Crippen molar-refractivity contribution in [1.29, 1.82) is 0 Å². The molecule has 1 atom stereocenters. The van der Waals surface area contributed by atoms with Gasteiger partial charge in [0.15, 0.2) is 0 Å². The number of aryl methyl sites for hydroxylation is 2. The van der Waals surface area contributed by atoms with Crippen LogP contribution >= 0.6 is 0 Å².